The monoisotopic (exact) mass is 367 g/mol. The highest BCUT2D eigenvalue weighted by molar-refractivity contribution is 5.96. The molecule has 0 saturated carbocycles. The van der Waals surface area contributed by atoms with Gasteiger partial charge in [-0.05, 0) is 51.1 Å². The van der Waals surface area contributed by atoms with Crippen LogP contribution >= 0.6 is 0 Å². The minimum absolute atomic E-state index is 0.0679. The molecule has 138 valence electrons. The van der Waals surface area contributed by atoms with Gasteiger partial charge in [0.15, 0.2) is 12.4 Å². The van der Waals surface area contributed by atoms with Crippen LogP contribution in [0.3, 0.4) is 0 Å². The molecule has 0 bridgehead atoms. The van der Waals surface area contributed by atoms with E-state index in [2.05, 4.69) is 20.4 Å². The predicted octanol–water partition coefficient (Wildman–Crippen LogP) is 1.74. The Morgan fingerprint density at radius 1 is 1.11 bits per heavy atom. The van der Waals surface area contributed by atoms with Gasteiger partial charge in [0.05, 0.1) is 0 Å². The molecule has 0 atom stereocenters. The maximum atomic E-state index is 12.1. The van der Waals surface area contributed by atoms with Gasteiger partial charge in [0.25, 0.3) is 17.5 Å². The first kappa shape index (κ1) is 18.2. The molecule has 1 amide bonds. The molecule has 0 aliphatic carbocycles. The molecule has 9 nitrogen and oxygen atoms in total. The number of anilines is 1. The van der Waals surface area contributed by atoms with Crippen molar-refractivity contribution in [1.82, 2.24) is 19.6 Å². The number of hydrogen-bond donors (Lipinski definition) is 1. The van der Waals surface area contributed by atoms with Gasteiger partial charge in [0, 0.05) is 22.6 Å². The zero-order chi connectivity index (χ0) is 19.6. The lowest BCUT2D eigenvalue weighted by Gasteiger charge is -2.06. The van der Waals surface area contributed by atoms with Gasteiger partial charge in [-0.2, -0.15) is 4.98 Å². The number of carbonyl (C=O) groups is 3. The first-order chi connectivity index (χ1) is 12.8. The van der Waals surface area contributed by atoms with E-state index in [1.807, 2.05) is 19.9 Å². The lowest BCUT2D eigenvalue weighted by Crippen LogP contribution is -2.21. The maximum absolute atomic E-state index is 12.1. The van der Waals surface area contributed by atoms with Crippen molar-refractivity contribution in [3.63, 3.8) is 0 Å². The number of aromatic nitrogens is 4. The quantitative estimate of drug-likeness (QED) is 0.539. The number of Topliss-reactive ketones (excluding diaryl/α,β-unsaturated/α-hetero) is 1. The number of nitrogens with one attached hydrogen (secondary N) is 1. The van der Waals surface area contributed by atoms with Gasteiger partial charge >= 0.3 is 5.97 Å². The SMILES string of the molecule is CC(=O)c1ccc(NC(=O)COC(=O)c2nc3nc(C)cc(C)n3n2)cc1. The van der Waals surface area contributed by atoms with Gasteiger partial charge in [-0.1, -0.05) is 0 Å². The fourth-order valence-corrected chi connectivity index (χ4v) is 2.43. The van der Waals surface area contributed by atoms with E-state index in [4.69, 9.17) is 4.74 Å². The van der Waals surface area contributed by atoms with Gasteiger partial charge in [-0.15, -0.1) is 5.10 Å². The second-order valence-corrected chi connectivity index (χ2v) is 5.94. The number of benzene rings is 1. The first-order valence-electron chi connectivity index (χ1n) is 8.12. The van der Waals surface area contributed by atoms with Gasteiger partial charge in [0.2, 0.25) is 0 Å². The Labute approximate surface area is 154 Å². The van der Waals surface area contributed by atoms with Crippen LogP contribution in [0.2, 0.25) is 0 Å². The summed E-state index contributed by atoms with van der Waals surface area (Å²) in [7, 11) is 0. The van der Waals surface area contributed by atoms with Crippen molar-refractivity contribution in [2.45, 2.75) is 20.8 Å². The van der Waals surface area contributed by atoms with Crippen molar-refractivity contribution < 1.29 is 19.1 Å². The Morgan fingerprint density at radius 3 is 2.48 bits per heavy atom. The van der Waals surface area contributed by atoms with Crippen LogP contribution in [0.1, 0.15) is 39.3 Å². The molecule has 0 radical (unpaired) electrons. The minimum Gasteiger partial charge on any atom is -0.450 e. The molecule has 0 saturated heterocycles. The minimum atomic E-state index is -0.820. The van der Waals surface area contributed by atoms with Crippen LogP contribution in [0.4, 0.5) is 5.69 Å². The molecule has 3 aromatic rings. The molecule has 0 aliphatic rings. The highest BCUT2D eigenvalue weighted by Gasteiger charge is 2.17. The number of fused-ring (bicyclic) bond motifs is 1. The van der Waals surface area contributed by atoms with Gasteiger partial charge in [-0.3, -0.25) is 9.59 Å². The van der Waals surface area contributed by atoms with E-state index >= 15 is 0 Å². The molecular formula is C18H17N5O4. The zero-order valence-corrected chi connectivity index (χ0v) is 15.0. The molecule has 0 unspecified atom stereocenters. The molecule has 1 aromatic carbocycles. The Balaban J connectivity index is 1.60. The molecule has 0 aliphatic heterocycles. The third-order valence-electron chi connectivity index (χ3n) is 3.71. The van der Waals surface area contributed by atoms with Gasteiger partial charge in [-0.25, -0.2) is 14.3 Å². The first-order valence-corrected chi connectivity index (χ1v) is 8.12. The van der Waals surface area contributed by atoms with Crippen molar-refractivity contribution in [1.29, 1.82) is 0 Å². The highest BCUT2D eigenvalue weighted by atomic mass is 16.5. The van der Waals surface area contributed by atoms with Crippen molar-refractivity contribution >= 4 is 29.1 Å². The van der Waals surface area contributed by atoms with E-state index in [0.29, 0.717) is 11.3 Å². The number of esters is 1. The van der Waals surface area contributed by atoms with E-state index in [0.717, 1.165) is 11.4 Å². The number of ether oxygens (including phenoxy) is 1. The third kappa shape index (κ3) is 4.14. The Bertz CT molecular complexity index is 1040. The fourth-order valence-electron chi connectivity index (χ4n) is 2.43. The van der Waals surface area contributed by atoms with Crippen molar-refractivity contribution in [3.8, 4) is 0 Å². The van der Waals surface area contributed by atoms with Crippen molar-refractivity contribution in [2.24, 2.45) is 0 Å². The standard InChI is InChI=1S/C18H17N5O4/c1-10-8-11(2)23-18(19-10)21-16(22-23)17(26)27-9-15(25)20-14-6-4-13(5-7-14)12(3)24/h4-8H,9H2,1-3H3,(H,20,25). The molecular weight excluding hydrogens is 350 g/mol. The summed E-state index contributed by atoms with van der Waals surface area (Å²) in [6.45, 7) is 4.59. The summed E-state index contributed by atoms with van der Waals surface area (Å²) in [6, 6.07) is 8.19. The average molecular weight is 367 g/mol. The number of hydrogen-bond acceptors (Lipinski definition) is 7. The molecule has 27 heavy (non-hydrogen) atoms. The largest absolute Gasteiger partial charge is 0.450 e. The molecule has 3 rings (SSSR count). The van der Waals surface area contributed by atoms with E-state index in [9.17, 15) is 14.4 Å². The summed E-state index contributed by atoms with van der Waals surface area (Å²) in [5.74, 6) is -1.29. The summed E-state index contributed by atoms with van der Waals surface area (Å²) >= 11 is 0. The summed E-state index contributed by atoms with van der Waals surface area (Å²) in [5.41, 5.74) is 2.55. The number of amides is 1. The summed E-state index contributed by atoms with van der Waals surface area (Å²) < 4.78 is 6.38. The number of nitrogens with zero attached hydrogens (tertiary/aromatic N) is 4. The third-order valence-corrected chi connectivity index (χ3v) is 3.71. The van der Waals surface area contributed by atoms with E-state index in [1.54, 1.807) is 24.3 Å². The predicted molar refractivity (Wildman–Crippen MR) is 95.6 cm³/mol. The summed E-state index contributed by atoms with van der Waals surface area (Å²) in [4.78, 5) is 43.5. The highest BCUT2D eigenvalue weighted by Crippen LogP contribution is 2.10. The Morgan fingerprint density at radius 2 is 1.81 bits per heavy atom. The van der Waals surface area contributed by atoms with Crippen LogP contribution in [-0.2, 0) is 9.53 Å². The van der Waals surface area contributed by atoms with Gasteiger partial charge < -0.3 is 10.1 Å². The summed E-state index contributed by atoms with van der Waals surface area (Å²) in [5, 5.41) is 6.62. The van der Waals surface area contributed by atoms with E-state index in [1.165, 1.54) is 11.4 Å². The Kier molecular flexibility index (Phi) is 4.93. The van der Waals surface area contributed by atoms with Crippen LogP contribution in [0.25, 0.3) is 5.78 Å². The van der Waals surface area contributed by atoms with Crippen LogP contribution in [0.5, 0.6) is 0 Å². The lowest BCUT2D eigenvalue weighted by atomic mass is 10.1. The second-order valence-electron chi connectivity index (χ2n) is 5.94. The van der Waals surface area contributed by atoms with Crippen LogP contribution < -0.4 is 5.32 Å². The molecule has 1 N–H and O–H groups in total. The molecule has 2 heterocycles. The number of carbonyl (C=O) groups excluding carboxylic acids is 3. The second kappa shape index (κ2) is 7.32. The van der Waals surface area contributed by atoms with Crippen LogP contribution in [-0.4, -0.2) is 43.8 Å². The molecule has 9 heteroatoms. The van der Waals surface area contributed by atoms with E-state index in [-0.39, 0.29) is 17.4 Å². The van der Waals surface area contributed by atoms with Crippen molar-refractivity contribution in [3.05, 3.63) is 53.1 Å². The van der Waals surface area contributed by atoms with Crippen LogP contribution in [0, 0.1) is 13.8 Å². The summed E-state index contributed by atoms with van der Waals surface area (Å²) in [6.07, 6.45) is 0. The number of ketones is 1. The molecule has 2 aromatic heterocycles. The zero-order valence-electron chi connectivity index (χ0n) is 15.0. The smallest absolute Gasteiger partial charge is 0.378 e. The van der Waals surface area contributed by atoms with Crippen molar-refractivity contribution in [2.75, 3.05) is 11.9 Å². The average Bonchev–Trinajstić information content (AvgIpc) is 3.04. The van der Waals surface area contributed by atoms with E-state index < -0.39 is 18.5 Å². The van der Waals surface area contributed by atoms with Gasteiger partial charge in [0.1, 0.15) is 0 Å². The van der Waals surface area contributed by atoms with Crippen LogP contribution in [0.15, 0.2) is 30.3 Å². The normalized spacial score (nSPS) is 10.6. The maximum Gasteiger partial charge on any atom is 0.378 e. The molecule has 0 fully saturated rings. The topological polar surface area (TPSA) is 116 Å². The Hall–Kier alpha value is -3.62. The molecule has 0 spiro atoms. The number of aryl methyl sites for hydroxylation is 2. The fraction of sp³-hybridized carbons (Fsp3) is 0.222. The lowest BCUT2D eigenvalue weighted by molar-refractivity contribution is -0.119. The number of rotatable bonds is 5.